The second-order valence-corrected chi connectivity index (χ2v) is 6.09. The summed E-state index contributed by atoms with van der Waals surface area (Å²) >= 11 is 0. The number of hydrogen-bond donors (Lipinski definition) is 1. The predicted molar refractivity (Wildman–Crippen MR) is 89.6 cm³/mol. The fourth-order valence-electron chi connectivity index (χ4n) is 2.55. The van der Waals surface area contributed by atoms with Gasteiger partial charge in [-0.3, -0.25) is 0 Å². The highest BCUT2D eigenvalue weighted by Crippen LogP contribution is 2.31. The summed E-state index contributed by atoms with van der Waals surface area (Å²) in [5.41, 5.74) is -0.0600. The van der Waals surface area contributed by atoms with E-state index in [0.29, 0.717) is 11.2 Å². The van der Waals surface area contributed by atoms with Crippen molar-refractivity contribution in [3.05, 3.63) is 53.6 Å². The van der Waals surface area contributed by atoms with Crippen LogP contribution in [0.15, 0.2) is 36.7 Å². The number of carbonyl (C=O) groups is 1. The smallest absolute Gasteiger partial charge is 0.344 e. The number of hydrogen-bond acceptors (Lipinski definition) is 5. The van der Waals surface area contributed by atoms with Crippen molar-refractivity contribution in [1.29, 1.82) is 0 Å². The van der Waals surface area contributed by atoms with Crippen molar-refractivity contribution in [3.63, 3.8) is 0 Å². The van der Waals surface area contributed by atoms with Gasteiger partial charge in [0.2, 0.25) is 0 Å². The molecular weight excluding hydrogens is 325 g/mol. The Kier molecular flexibility index (Phi) is 4.26. The molecule has 0 aliphatic carbocycles. The lowest BCUT2D eigenvalue weighted by Gasteiger charge is -2.18. The van der Waals surface area contributed by atoms with Crippen LogP contribution in [0.2, 0.25) is 0 Å². The molecule has 0 radical (unpaired) electrons. The Bertz CT molecular complexity index is 944. The molecule has 1 N–H and O–H groups in total. The zero-order chi connectivity index (χ0) is 18.2. The van der Waals surface area contributed by atoms with Gasteiger partial charge in [-0.05, 0) is 44.5 Å². The van der Waals surface area contributed by atoms with Gasteiger partial charge in [-0.1, -0.05) is 6.07 Å². The largest absolute Gasteiger partial charge is 0.462 e. The average molecular weight is 343 g/mol. The van der Waals surface area contributed by atoms with Crippen LogP contribution in [0, 0.1) is 5.82 Å². The van der Waals surface area contributed by atoms with Crippen LogP contribution in [0.4, 0.5) is 4.39 Å². The van der Waals surface area contributed by atoms with E-state index in [0.717, 1.165) is 0 Å². The maximum atomic E-state index is 14.7. The van der Waals surface area contributed by atoms with Crippen molar-refractivity contribution in [2.75, 3.05) is 6.61 Å². The minimum atomic E-state index is -1.18. The highest BCUT2D eigenvalue weighted by molar-refractivity contribution is 6.02. The van der Waals surface area contributed by atoms with Crippen LogP contribution in [-0.2, 0) is 10.3 Å². The molecule has 0 aliphatic rings. The van der Waals surface area contributed by atoms with Gasteiger partial charge in [0.25, 0.3) is 0 Å². The maximum Gasteiger partial charge on any atom is 0.344 e. The van der Waals surface area contributed by atoms with E-state index in [1.54, 1.807) is 39.1 Å². The molecule has 7 heteroatoms. The van der Waals surface area contributed by atoms with Crippen molar-refractivity contribution in [3.8, 4) is 11.3 Å². The fourth-order valence-corrected chi connectivity index (χ4v) is 2.55. The van der Waals surface area contributed by atoms with Crippen LogP contribution in [0.5, 0.6) is 0 Å². The van der Waals surface area contributed by atoms with Gasteiger partial charge in [0.05, 0.1) is 12.2 Å². The highest BCUT2D eigenvalue weighted by atomic mass is 19.1. The molecule has 130 valence electrons. The molecule has 0 atom stereocenters. The third kappa shape index (κ3) is 3.10. The number of carbonyl (C=O) groups excluding carboxylic acids is 1. The lowest BCUT2D eigenvalue weighted by Crippen LogP contribution is -2.15. The minimum Gasteiger partial charge on any atom is -0.462 e. The van der Waals surface area contributed by atoms with Gasteiger partial charge in [0.15, 0.2) is 5.65 Å². The van der Waals surface area contributed by atoms with Gasteiger partial charge < -0.3 is 9.84 Å². The van der Waals surface area contributed by atoms with Crippen molar-refractivity contribution < 1.29 is 19.0 Å². The topological polar surface area (TPSA) is 76.7 Å². The summed E-state index contributed by atoms with van der Waals surface area (Å²) in [5.74, 6) is -1.20. The Morgan fingerprint density at radius 1 is 1.40 bits per heavy atom. The number of halogens is 1. The molecule has 2 heterocycles. The number of esters is 1. The fraction of sp³-hybridized carbons (Fsp3) is 0.278. The molecule has 1 aromatic carbocycles. The van der Waals surface area contributed by atoms with E-state index in [2.05, 4.69) is 10.1 Å². The summed E-state index contributed by atoms with van der Waals surface area (Å²) < 4.78 is 21.2. The Hall–Kier alpha value is -2.80. The molecule has 3 aromatic rings. The summed E-state index contributed by atoms with van der Waals surface area (Å²) in [6.45, 7) is 5.01. The number of nitrogens with zero attached hydrogens (tertiary/aromatic N) is 3. The Morgan fingerprint density at radius 2 is 2.16 bits per heavy atom. The van der Waals surface area contributed by atoms with Gasteiger partial charge in [0, 0.05) is 18.0 Å². The third-order valence-electron chi connectivity index (χ3n) is 3.81. The van der Waals surface area contributed by atoms with E-state index in [1.165, 1.54) is 22.8 Å². The number of rotatable bonds is 4. The zero-order valence-corrected chi connectivity index (χ0v) is 14.2. The van der Waals surface area contributed by atoms with Crippen molar-refractivity contribution in [2.45, 2.75) is 26.4 Å². The molecule has 0 saturated heterocycles. The zero-order valence-electron chi connectivity index (χ0n) is 14.2. The van der Waals surface area contributed by atoms with Crippen LogP contribution in [0.3, 0.4) is 0 Å². The standard InChI is InChI=1S/C18H18FN3O3/c1-4-25-17(23)14-15(21-22-9-5-8-20-16(14)22)12-7-6-11(10-13(12)19)18(2,3)24/h5-10,24H,4H2,1-3H3. The molecule has 0 spiro atoms. The Labute approximate surface area is 143 Å². The van der Waals surface area contributed by atoms with Crippen LogP contribution < -0.4 is 0 Å². The predicted octanol–water partition coefficient (Wildman–Crippen LogP) is 2.94. The van der Waals surface area contributed by atoms with Gasteiger partial charge >= 0.3 is 5.97 Å². The Morgan fingerprint density at radius 3 is 2.80 bits per heavy atom. The van der Waals surface area contributed by atoms with E-state index in [1.807, 2.05) is 0 Å². The number of aromatic nitrogens is 3. The number of benzene rings is 1. The number of fused-ring (bicyclic) bond motifs is 1. The number of ether oxygens (including phenoxy) is 1. The van der Waals surface area contributed by atoms with Gasteiger partial charge in [-0.2, -0.15) is 5.10 Å². The molecule has 0 bridgehead atoms. The van der Waals surface area contributed by atoms with E-state index in [9.17, 15) is 14.3 Å². The van der Waals surface area contributed by atoms with Gasteiger partial charge in [-0.25, -0.2) is 18.7 Å². The molecule has 0 amide bonds. The van der Waals surface area contributed by atoms with Crippen LogP contribution in [-0.4, -0.2) is 32.3 Å². The van der Waals surface area contributed by atoms with Crippen LogP contribution >= 0.6 is 0 Å². The first-order chi connectivity index (χ1) is 11.8. The first kappa shape index (κ1) is 17.0. The summed E-state index contributed by atoms with van der Waals surface area (Å²) in [5, 5.41) is 14.3. The summed E-state index contributed by atoms with van der Waals surface area (Å²) in [7, 11) is 0. The first-order valence-electron chi connectivity index (χ1n) is 7.86. The minimum absolute atomic E-state index is 0.109. The molecule has 0 aliphatic heterocycles. The Balaban J connectivity index is 2.22. The molecule has 6 nitrogen and oxygen atoms in total. The van der Waals surface area contributed by atoms with E-state index >= 15 is 0 Å². The number of aliphatic hydroxyl groups is 1. The first-order valence-corrected chi connectivity index (χ1v) is 7.86. The molecule has 3 rings (SSSR count). The average Bonchev–Trinajstić information content (AvgIpc) is 2.93. The molecular formula is C18H18FN3O3. The second kappa shape index (κ2) is 6.25. The molecule has 0 saturated carbocycles. The van der Waals surface area contributed by atoms with E-state index in [-0.39, 0.29) is 23.4 Å². The van der Waals surface area contributed by atoms with Gasteiger partial charge in [0.1, 0.15) is 17.1 Å². The lowest BCUT2D eigenvalue weighted by atomic mass is 9.95. The van der Waals surface area contributed by atoms with Gasteiger partial charge in [-0.15, -0.1) is 0 Å². The lowest BCUT2D eigenvalue weighted by molar-refractivity contribution is 0.0529. The monoisotopic (exact) mass is 343 g/mol. The summed E-state index contributed by atoms with van der Waals surface area (Å²) in [6.07, 6.45) is 3.15. The quantitative estimate of drug-likeness (QED) is 0.737. The normalized spacial score (nSPS) is 11.7. The molecule has 0 unspecified atom stereocenters. The highest BCUT2D eigenvalue weighted by Gasteiger charge is 2.26. The molecule has 2 aromatic heterocycles. The summed E-state index contributed by atoms with van der Waals surface area (Å²) in [4.78, 5) is 16.5. The molecule has 0 fully saturated rings. The molecule has 25 heavy (non-hydrogen) atoms. The van der Waals surface area contributed by atoms with Crippen LogP contribution in [0.25, 0.3) is 16.9 Å². The SMILES string of the molecule is CCOC(=O)c1c(-c2ccc(C(C)(C)O)cc2F)nn2cccnc12. The van der Waals surface area contributed by atoms with Crippen molar-refractivity contribution in [1.82, 2.24) is 14.6 Å². The van der Waals surface area contributed by atoms with Crippen LogP contribution in [0.1, 0.15) is 36.7 Å². The summed E-state index contributed by atoms with van der Waals surface area (Å²) in [6, 6.07) is 5.99. The van der Waals surface area contributed by atoms with Crippen molar-refractivity contribution >= 4 is 11.6 Å². The maximum absolute atomic E-state index is 14.7. The van der Waals surface area contributed by atoms with E-state index in [4.69, 9.17) is 4.74 Å². The van der Waals surface area contributed by atoms with Crippen molar-refractivity contribution in [2.24, 2.45) is 0 Å². The third-order valence-corrected chi connectivity index (χ3v) is 3.81. The second-order valence-electron chi connectivity index (χ2n) is 6.09. The van der Waals surface area contributed by atoms with E-state index < -0.39 is 17.4 Å².